The van der Waals surface area contributed by atoms with Crippen LogP contribution >= 0.6 is 0 Å². The van der Waals surface area contributed by atoms with E-state index in [2.05, 4.69) is 4.72 Å². The molecule has 1 N–H and O–H groups in total. The lowest BCUT2D eigenvalue weighted by atomic mass is 10.1. The summed E-state index contributed by atoms with van der Waals surface area (Å²) in [6.45, 7) is 1.11. The number of nitrogens with one attached hydrogen (secondary N) is 1. The second-order valence-corrected chi connectivity index (χ2v) is 8.67. The maximum absolute atomic E-state index is 13.9. The van der Waals surface area contributed by atoms with Gasteiger partial charge in [-0.05, 0) is 55.2 Å². The van der Waals surface area contributed by atoms with Crippen molar-refractivity contribution in [1.29, 1.82) is 0 Å². The van der Waals surface area contributed by atoms with Crippen LogP contribution in [0.5, 0.6) is 5.75 Å². The van der Waals surface area contributed by atoms with E-state index in [0.717, 1.165) is 18.1 Å². The number of fused-ring (bicyclic) bond motifs is 1. The van der Waals surface area contributed by atoms with Gasteiger partial charge in [0.05, 0.1) is 17.7 Å². The highest BCUT2D eigenvalue weighted by molar-refractivity contribution is 7.92. The average Bonchev–Trinajstić information content (AvgIpc) is 3.37. The zero-order chi connectivity index (χ0) is 20.6. The lowest BCUT2D eigenvalue weighted by molar-refractivity contribution is -0.127. The topological polar surface area (TPSA) is 84.9 Å². The lowest BCUT2D eigenvalue weighted by Crippen LogP contribution is -2.37. The molecule has 0 radical (unpaired) electrons. The number of methoxy groups -OCH3 is 1. The smallest absolute Gasteiger partial charge is 0.262 e. The van der Waals surface area contributed by atoms with Crippen LogP contribution in [-0.4, -0.2) is 40.7 Å². The molecule has 29 heavy (non-hydrogen) atoms. The van der Waals surface area contributed by atoms with E-state index in [1.807, 2.05) is 0 Å². The van der Waals surface area contributed by atoms with Crippen LogP contribution in [0.4, 0.5) is 15.8 Å². The van der Waals surface area contributed by atoms with Gasteiger partial charge in [-0.2, -0.15) is 0 Å². The zero-order valence-corrected chi connectivity index (χ0v) is 16.7. The summed E-state index contributed by atoms with van der Waals surface area (Å²) in [6.07, 6.45) is 1.81. The van der Waals surface area contributed by atoms with Gasteiger partial charge < -0.3 is 14.4 Å². The summed E-state index contributed by atoms with van der Waals surface area (Å²) in [4.78, 5) is 14.2. The highest BCUT2D eigenvalue weighted by atomic mass is 32.2. The average molecular weight is 420 g/mol. The number of amides is 1. The van der Waals surface area contributed by atoms with Crippen LogP contribution in [0.2, 0.25) is 0 Å². The molecule has 0 aliphatic carbocycles. The van der Waals surface area contributed by atoms with Crippen LogP contribution in [0.25, 0.3) is 0 Å². The van der Waals surface area contributed by atoms with Crippen LogP contribution in [0.15, 0.2) is 41.3 Å². The fourth-order valence-electron chi connectivity index (χ4n) is 3.65. The Morgan fingerprint density at radius 2 is 2.10 bits per heavy atom. The predicted octanol–water partition coefficient (Wildman–Crippen LogP) is 2.70. The highest BCUT2D eigenvalue weighted by Gasteiger charge is 2.33. The SMILES string of the molecule is COc1ccc(S(=O)(=O)Nc2ccc3c(c2)N(C(=O)[C@H]2CCCO2)CC3)cc1F. The minimum absolute atomic E-state index is 0.0373. The fourth-order valence-corrected chi connectivity index (χ4v) is 4.71. The summed E-state index contributed by atoms with van der Waals surface area (Å²) in [6, 6.07) is 8.49. The molecule has 4 rings (SSSR count). The monoisotopic (exact) mass is 420 g/mol. The molecule has 0 aromatic heterocycles. The number of ether oxygens (including phenoxy) is 2. The van der Waals surface area contributed by atoms with Crippen molar-refractivity contribution in [2.45, 2.75) is 30.3 Å². The van der Waals surface area contributed by atoms with E-state index in [9.17, 15) is 17.6 Å². The zero-order valence-electron chi connectivity index (χ0n) is 15.9. The summed E-state index contributed by atoms with van der Waals surface area (Å²) in [5.41, 5.74) is 1.94. The number of carbonyl (C=O) groups excluding carboxylic acids is 1. The normalized spacial score (nSPS) is 18.6. The van der Waals surface area contributed by atoms with Gasteiger partial charge in [-0.3, -0.25) is 9.52 Å². The number of sulfonamides is 1. The maximum atomic E-state index is 13.9. The van der Waals surface area contributed by atoms with Gasteiger partial charge in [0.1, 0.15) is 6.10 Å². The molecule has 1 amide bonds. The van der Waals surface area contributed by atoms with E-state index in [0.29, 0.717) is 37.4 Å². The highest BCUT2D eigenvalue weighted by Crippen LogP contribution is 2.33. The van der Waals surface area contributed by atoms with Gasteiger partial charge in [0.2, 0.25) is 0 Å². The third-order valence-corrected chi connectivity index (χ3v) is 6.52. The number of hydrogen-bond acceptors (Lipinski definition) is 5. The van der Waals surface area contributed by atoms with Crippen molar-refractivity contribution < 1.29 is 27.1 Å². The van der Waals surface area contributed by atoms with Gasteiger partial charge in [0.15, 0.2) is 11.6 Å². The molecule has 2 heterocycles. The van der Waals surface area contributed by atoms with Crippen LogP contribution in [0, 0.1) is 5.82 Å². The summed E-state index contributed by atoms with van der Waals surface area (Å²) >= 11 is 0. The van der Waals surface area contributed by atoms with Gasteiger partial charge in [-0.15, -0.1) is 0 Å². The number of benzene rings is 2. The minimum atomic E-state index is -4.01. The van der Waals surface area contributed by atoms with E-state index >= 15 is 0 Å². The molecule has 0 saturated carbocycles. The molecular formula is C20H21FN2O5S. The molecule has 2 aliphatic rings. The Kier molecular flexibility index (Phi) is 5.18. The second-order valence-electron chi connectivity index (χ2n) is 6.99. The molecule has 2 aliphatic heterocycles. The van der Waals surface area contributed by atoms with E-state index in [1.165, 1.54) is 19.2 Å². The number of nitrogens with zero attached hydrogens (tertiary/aromatic N) is 1. The van der Waals surface area contributed by atoms with Crippen molar-refractivity contribution in [3.05, 3.63) is 47.8 Å². The van der Waals surface area contributed by atoms with E-state index < -0.39 is 21.9 Å². The Morgan fingerprint density at radius 1 is 1.28 bits per heavy atom. The third-order valence-electron chi connectivity index (χ3n) is 5.14. The minimum Gasteiger partial charge on any atom is -0.494 e. The second kappa shape index (κ2) is 7.64. The Bertz CT molecular complexity index is 1050. The van der Waals surface area contributed by atoms with Crippen LogP contribution in [-0.2, 0) is 26.0 Å². The van der Waals surface area contributed by atoms with Gasteiger partial charge in [0, 0.05) is 18.8 Å². The molecule has 1 fully saturated rings. The molecule has 1 saturated heterocycles. The molecular weight excluding hydrogens is 399 g/mol. The molecule has 2 aromatic carbocycles. The van der Waals surface area contributed by atoms with Gasteiger partial charge >= 0.3 is 0 Å². The quantitative estimate of drug-likeness (QED) is 0.804. The van der Waals surface area contributed by atoms with E-state index in [4.69, 9.17) is 9.47 Å². The molecule has 0 unspecified atom stereocenters. The number of rotatable bonds is 5. The number of hydrogen-bond donors (Lipinski definition) is 1. The number of carbonyl (C=O) groups is 1. The molecule has 2 aromatic rings. The van der Waals surface area contributed by atoms with Crippen molar-refractivity contribution in [2.75, 3.05) is 29.9 Å². The largest absolute Gasteiger partial charge is 0.494 e. The first-order chi connectivity index (χ1) is 13.9. The van der Waals surface area contributed by atoms with Crippen molar-refractivity contribution in [1.82, 2.24) is 0 Å². The third kappa shape index (κ3) is 3.79. The van der Waals surface area contributed by atoms with Crippen molar-refractivity contribution >= 4 is 27.3 Å². The first-order valence-corrected chi connectivity index (χ1v) is 10.8. The van der Waals surface area contributed by atoms with E-state index in [-0.39, 0.29) is 16.6 Å². The summed E-state index contributed by atoms with van der Waals surface area (Å²) < 4.78 is 52.0. The van der Waals surface area contributed by atoms with Gasteiger partial charge in [-0.1, -0.05) is 6.07 Å². The summed E-state index contributed by atoms with van der Waals surface area (Å²) in [5, 5.41) is 0. The van der Waals surface area contributed by atoms with Crippen molar-refractivity contribution in [3.63, 3.8) is 0 Å². The molecule has 7 nitrogen and oxygen atoms in total. The van der Waals surface area contributed by atoms with Crippen LogP contribution < -0.4 is 14.4 Å². The van der Waals surface area contributed by atoms with Crippen molar-refractivity contribution in [2.24, 2.45) is 0 Å². The number of anilines is 2. The fraction of sp³-hybridized carbons (Fsp3) is 0.350. The molecule has 154 valence electrons. The van der Waals surface area contributed by atoms with Crippen LogP contribution in [0.1, 0.15) is 18.4 Å². The Balaban J connectivity index is 1.58. The standard InChI is InChI=1S/C20H21FN2O5S/c1-27-18-7-6-15(12-16(18)21)29(25,26)22-14-5-4-13-8-9-23(17(13)11-14)20(24)19-3-2-10-28-19/h4-7,11-12,19,22H,2-3,8-10H2,1H3/t19-/m1/s1. The Labute approximate surface area is 168 Å². The molecule has 9 heteroatoms. The first kappa shape index (κ1) is 19.7. The van der Waals surface area contributed by atoms with E-state index in [1.54, 1.807) is 23.1 Å². The Hall–Kier alpha value is -2.65. The molecule has 0 bridgehead atoms. The van der Waals surface area contributed by atoms with Gasteiger partial charge in [-0.25, -0.2) is 12.8 Å². The first-order valence-electron chi connectivity index (χ1n) is 9.31. The summed E-state index contributed by atoms with van der Waals surface area (Å²) in [7, 11) is -2.70. The number of halogens is 1. The Morgan fingerprint density at radius 3 is 2.79 bits per heavy atom. The molecule has 1 atom stereocenters. The lowest BCUT2D eigenvalue weighted by Gasteiger charge is -2.21. The van der Waals surface area contributed by atoms with Gasteiger partial charge in [0.25, 0.3) is 15.9 Å². The summed E-state index contributed by atoms with van der Waals surface area (Å²) in [5.74, 6) is -0.902. The van der Waals surface area contributed by atoms with Crippen molar-refractivity contribution in [3.8, 4) is 5.75 Å². The predicted molar refractivity (Wildman–Crippen MR) is 105 cm³/mol. The van der Waals surface area contributed by atoms with Crippen LogP contribution in [0.3, 0.4) is 0 Å². The molecule has 0 spiro atoms. The maximum Gasteiger partial charge on any atom is 0.262 e.